The average molecular weight is 224 g/mol. The first kappa shape index (κ1) is 12.5. The maximum Gasteiger partial charge on any atom is 0.308 e. The number of hydrogen-bond donors (Lipinski definition) is 0. The van der Waals surface area contributed by atoms with Crippen molar-refractivity contribution in [1.29, 1.82) is 0 Å². The van der Waals surface area contributed by atoms with Crippen LogP contribution in [0.5, 0.6) is 11.5 Å². The molecular formula is C12H16O4. The molecule has 0 aliphatic carbocycles. The molecule has 0 heterocycles. The van der Waals surface area contributed by atoms with Gasteiger partial charge in [-0.2, -0.15) is 4.89 Å². The lowest BCUT2D eigenvalue weighted by molar-refractivity contribution is -0.207. The Kier molecular flexibility index (Phi) is 5.36. The molecule has 88 valence electrons. The largest absolute Gasteiger partial charge is 0.427 e. The summed E-state index contributed by atoms with van der Waals surface area (Å²) in [5.41, 5.74) is 0. The van der Waals surface area contributed by atoms with Gasteiger partial charge in [0, 0.05) is 6.92 Å². The van der Waals surface area contributed by atoms with Gasteiger partial charge in [0.15, 0.2) is 5.75 Å². The van der Waals surface area contributed by atoms with Crippen LogP contribution in [0.3, 0.4) is 0 Å². The Bertz CT molecular complexity index is 318. The van der Waals surface area contributed by atoms with Crippen LogP contribution in [0, 0.1) is 0 Å². The van der Waals surface area contributed by atoms with Crippen LogP contribution in [0.1, 0.15) is 26.7 Å². The first-order valence-electron chi connectivity index (χ1n) is 5.30. The fourth-order valence-corrected chi connectivity index (χ4v) is 1.04. The van der Waals surface area contributed by atoms with E-state index in [9.17, 15) is 4.79 Å². The van der Waals surface area contributed by atoms with E-state index in [2.05, 4.69) is 6.92 Å². The van der Waals surface area contributed by atoms with Gasteiger partial charge in [0.1, 0.15) is 5.75 Å². The van der Waals surface area contributed by atoms with E-state index < -0.39 is 0 Å². The summed E-state index contributed by atoms with van der Waals surface area (Å²) in [6.07, 6.45) is 2.03. The Labute approximate surface area is 95.1 Å². The van der Waals surface area contributed by atoms with Crippen LogP contribution >= 0.6 is 0 Å². The Hall–Kier alpha value is -1.55. The number of rotatable bonds is 6. The lowest BCUT2D eigenvalue weighted by Gasteiger charge is -2.05. The summed E-state index contributed by atoms with van der Waals surface area (Å²) in [6, 6.07) is 6.67. The highest BCUT2D eigenvalue weighted by Crippen LogP contribution is 2.17. The van der Waals surface area contributed by atoms with Gasteiger partial charge in [-0.05, 0) is 30.7 Å². The predicted octanol–water partition coefficient (Wildman–Crippen LogP) is 2.72. The number of carbonyl (C=O) groups is 1. The molecule has 0 atom stereocenters. The van der Waals surface area contributed by atoms with Crippen LogP contribution in [0.4, 0.5) is 0 Å². The van der Waals surface area contributed by atoms with Crippen molar-refractivity contribution in [2.75, 3.05) is 6.61 Å². The van der Waals surface area contributed by atoms with Gasteiger partial charge in [-0.15, -0.1) is 0 Å². The van der Waals surface area contributed by atoms with Gasteiger partial charge in [0.2, 0.25) is 0 Å². The predicted molar refractivity (Wildman–Crippen MR) is 59.2 cm³/mol. The first-order chi connectivity index (χ1) is 7.72. The molecule has 4 nitrogen and oxygen atoms in total. The van der Waals surface area contributed by atoms with Crippen molar-refractivity contribution in [3.8, 4) is 11.5 Å². The van der Waals surface area contributed by atoms with Gasteiger partial charge >= 0.3 is 5.97 Å². The van der Waals surface area contributed by atoms with Crippen molar-refractivity contribution in [2.24, 2.45) is 0 Å². The standard InChI is InChI=1S/C12H16O4/c1-3-4-9-14-16-12-7-5-11(6-8-12)15-10(2)13/h5-8H,3-4,9H2,1-2H3. The lowest BCUT2D eigenvalue weighted by Crippen LogP contribution is -2.01. The fourth-order valence-electron chi connectivity index (χ4n) is 1.04. The van der Waals surface area contributed by atoms with Crippen molar-refractivity contribution in [3.63, 3.8) is 0 Å². The maximum absolute atomic E-state index is 10.7. The molecule has 0 spiro atoms. The molecule has 16 heavy (non-hydrogen) atoms. The molecule has 1 rings (SSSR count). The van der Waals surface area contributed by atoms with Gasteiger partial charge < -0.3 is 9.62 Å². The second-order valence-electron chi connectivity index (χ2n) is 3.32. The zero-order chi connectivity index (χ0) is 11.8. The van der Waals surface area contributed by atoms with E-state index in [0.717, 1.165) is 12.8 Å². The van der Waals surface area contributed by atoms with E-state index in [-0.39, 0.29) is 5.97 Å². The molecule has 0 aromatic heterocycles. The van der Waals surface area contributed by atoms with Crippen LogP contribution < -0.4 is 9.62 Å². The minimum Gasteiger partial charge on any atom is -0.427 e. The fraction of sp³-hybridized carbons (Fsp3) is 0.417. The molecule has 0 saturated heterocycles. The van der Waals surface area contributed by atoms with Gasteiger partial charge in [0.05, 0.1) is 6.61 Å². The number of benzene rings is 1. The van der Waals surface area contributed by atoms with Crippen molar-refractivity contribution in [2.45, 2.75) is 26.7 Å². The minimum atomic E-state index is -0.340. The van der Waals surface area contributed by atoms with Crippen LogP contribution in [-0.2, 0) is 9.68 Å². The molecule has 0 aliphatic heterocycles. The van der Waals surface area contributed by atoms with Crippen LogP contribution in [0.15, 0.2) is 24.3 Å². The van der Waals surface area contributed by atoms with E-state index >= 15 is 0 Å². The molecule has 4 heteroatoms. The van der Waals surface area contributed by atoms with Crippen LogP contribution in [-0.4, -0.2) is 12.6 Å². The highest BCUT2D eigenvalue weighted by Gasteiger charge is 1.99. The van der Waals surface area contributed by atoms with Crippen molar-refractivity contribution < 1.29 is 19.3 Å². The van der Waals surface area contributed by atoms with Crippen LogP contribution in [0.25, 0.3) is 0 Å². The molecule has 0 amide bonds. The SMILES string of the molecule is CCCCOOc1ccc(OC(C)=O)cc1. The van der Waals surface area contributed by atoms with Gasteiger partial charge in [0.25, 0.3) is 0 Å². The van der Waals surface area contributed by atoms with E-state index in [4.69, 9.17) is 14.5 Å². The Morgan fingerprint density at radius 2 is 1.81 bits per heavy atom. The zero-order valence-corrected chi connectivity index (χ0v) is 9.56. The normalized spacial score (nSPS) is 9.88. The minimum absolute atomic E-state index is 0.340. The molecule has 1 aromatic rings. The zero-order valence-electron chi connectivity index (χ0n) is 9.56. The molecule has 0 fully saturated rings. The Morgan fingerprint density at radius 3 is 2.38 bits per heavy atom. The van der Waals surface area contributed by atoms with E-state index in [1.165, 1.54) is 6.92 Å². The highest BCUT2D eigenvalue weighted by atomic mass is 17.2. The molecular weight excluding hydrogens is 208 g/mol. The highest BCUT2D eigenvalue weighted by molar-refractivity contribution is 5.69. The van der Waals surface area contributed by atoms with E-state index in [1.54, 1.807) is 24.3 Å². The average Bonchev–Trinajstić information content (AvgIpc) is 2.26. The number of hydrogen-bond acceptors (Lipinski definition) is 4. The monoisotopic (exact) mass is 224 g/mol. The smallest absolute Gasteiger partial charge is 0.308 e. The second-order valence-corrected chi connectivity index (χ2v) is 3.32. The molecule has 0 unspecified atom stereocenters. The number of unbranched alkanes of at least 4 members (excludes halogenated alkanes) is 1. The Morgan fingerprint density at radius 1 is 1.19 bits per heavy atom. The summed E-state index contributed by atoms with van der Waals surface area (Å²) in [5.74, 6) is 0.744. The van der Waals surface area contributed by atoms with E-state index in [1.807, 2.05) is 0 Å². The van der Waals surface area contributed by atoms with Crippen LogP contribution in [0.2, 0.25) is 0 Å². The van der Waals surface area contributed by atoms with Gasteiger partial charge in [-0.1, -0.05) is 13.3 Å². The summed E-state index contributed by atoms with van der Waals surface area (Å²) >= 11 is 0. The summed E-state index contributed by atoms with van der Waals surface area (Å²) in [5, 5.41) is 0. The quantitative estimate of drug-likeness (QED) is 0.245. The number of esters is 1. The molecule has 0 N–H and O–H groups in total. The second kappa shape index (κ2) is 6.85. The number of carbonyl (C=O) groups excluding carboxylic acids is 1. The summed E-state index contributed by atoms with van der Waals surface area (Å²) < 4.78 is 4.88. The lowest BCUT2D eigenvalue weighted by atomic mass is 10.3. The van der Waals surface area contributed by atoms with Crippen molar-refractivity contribution in [1.82, 2.24) is 0 Å². The van der Waals surface area contributed by atoms with Crippen molar-refractivity contribution >= 4 is 5.97 Å². The molecule has 0 bridgehead atoms. The first-order valence-corrected chi connectivity index (χ1v) is 5.30. The summed E-state index contributed by atoms with van der Waals surface area (Å²) in [7, 11) is 0. The maximum atomic E-state index is 10.7. The third-order valence-electron chi connectivity index (χ3n) is 1.82. The summed E-state index contributed by atoms with van der Waals surface area (Å²) in [6.45, 7) is 4.01. The van der Waals surface area contributed by atoms with E-state index in [0.29, 0.717) is 18.1 Å². The number of ether oxygens (including phenoxy) is 1. The van der Waals surface area contributed by atoms with Crippen molar-refractivity contribution in [3.05, 3.63) is 24.3 Å². The topological polar surface area (TPSA) is 44.8 Å². The third kappa shape index (κ3) is 4.79. The molecule has 1 aromatic carbocycles. The third-order valence-corrected chi connectivity index (χ3v) is 1.82. The molecule has 0 saturated carbocycles. The summed E-state index contributed by atoms with van der Waals surface area (Å²) in [4.78, 5) is 20.7. The van der Waals surface area contributed by atoms with Gasteiger partial charge in [-0.3, -0.25) is 4.79 Å². The molecule has 0 aliphatic rings. The molecule has 0 radical (unpaired) electrons. The Balaban J connectivity index is 2.36. The van der Waals surface area contributed by atoms with Gasteiger partial charge in [-0.25, -0.2) is 0 Å².